The van der Waals surface area contributed by atoms with Crippen LogP contribution in [-0.4, -0.2) is 106 Å². The minimum Gasteiger partial charge on any atom is -0.460 e. The number of nitriles is 2. The van der Waals surface area contributed by atoms with Crippen molar-refractivity contribution < 1.29 is 41.7 Å². The molecule has 0 aliphatic carbocycles. The number of likely N-dealkylation sites (N-methyl/N-ethyl adjacent to an activating group) is 1. The van der Waals surface area contributed by atoms with Crippen molar-refractivity contribution in [2.75, 3.05) is 53.0 Å². The van der Waals surface area contributed by atoms with E-state index in [0.717, 1.165) is 25.2 Å². The van der Waals surface area contributed by atoms with Gasteiger partial charge < -0.3 is 23.8 Å². The number of rotatable bonds is 15. The number of aromatic nitrogens is 3. The zero-order valence-corrected chi connectivity index (χ0v) is 33.7. The van der Waals surface area contributed by atoms with Crippen molar-refractivity contribution in [1.82, 2.24) is 24.6 Å². The molecule has 0 unspecified atom stereocenters. The third-order valence-corrected chi connectivity index (χ3v) is 11.5. The number of benzene rings is 3. The quantitative estimate of drug-likeness (QED) is 0.108. The summed E-state index contributed by atoms with van der Waals surface area (Å²) in [6.07, 6.45) is 8.34. The van der Waals surface area contributed by atoms with Crippen LogP contribution in [0.5, 0.6) is 0 Å². The molecule has 2 aliphatic heterocycles. The number of carbonyl (C=O) groups excluding carboxylic acids is 2. The van der Waals surface area contributed by atoms with Crippen LogP contribution in [0.25, 0.3) is 6.08 Å². The molecule has 2 atom stereocenters. The van der Waals surface area contributed by atoms with E-state index in [2.05, 4.69) is 15.0 Å². The second-order valence-electron chi connectivity index (χ2n) is 14.2. The van der Waals surface area contributed by atoms with Crippen LogP contribution in [0.4, 0.5) is 13.2 Å². The van der Waals surface area contributed by atoms with Crippen LogP contribution in [0.3, 0.4) is 0 Å². The fourth-order valence-corrected chi connectivity index (χ4v) is 8.06. The minimum atomic E-state index is -1.88. The normalized spacial score (nSPS) is 19.1. The van der Waals surface area contributed by atoms with Gasteiger partial charge in [0.2, 0.25) is 0 Å². The SMILES string of the molecule is C[C@@H](S[C@H]1CO[C@H](C=CC=Cc2ccc(C#N)cc2F)OC1)[C@@](Cn1cncn1)(OC(=O)c1cc(C#N)ccc1COC(=O)CN1CCN(C)CC1)c1ccc(F)cc1F. The first-order chi connectivity index (χ1) is 29.0. The molecule has 0 amide bonds. The Kier molecular flexibility index (Phi) is 14.9. The van der Waals surface area contributed by atoms with Gasteiger partial charge in [-0.25, -0.2) is 27.6 Å². The predicted molar refractivity (Wildman–Crippen MR) is 214 cm³/mol. The maximum Gasteiger partial charge on any atom is 0.339 e. The maximum atomic E-state index is 16.1. The van der Waals surface area contributed by atoms with E-state index in [4.69, 9.17) is 24.2 Å². The first kappa shape index (κ1) is 43.8. The molecule has 1 aromatic heterocycles. The number of piperazine rings is 1. The summed E-state index contributed by atoms with van der Waals surface area (Å²) in [6.45, 7) is 4.59. The van der Waals surface area contributed by atoms with E-state index < -0.39 is 46.5 Å². The number of thioether (sulfide) groups is 1. The summed E-state index contributed by atoms with van der Waals surface area (Å²) >= 11 is 1.29. The van der Waals surface area contributed by atoms with Gasteiger partial charge in [0.25, 0.3) is 0 Å². The number of nitrogens with zero attached hydrogens (tertiary/aromatic N) is 7. The molecule has 3 aromatic carbocycles. The van der Waals surface area contributed by atoms with Crippen molar-refractivity contribution in [3.8, 4) is 12.1 Å². The van der Waals surface area contributed by atoms with Gasteiger partial charge in [0.15, 0.2) is 11.9 Å². The lowest BCUT2D eigenvalue weighted by atomic mass is 9.89. The summed E-state index contributed by atoms with van der Waals surface area (Å²) in [7, 11) is 2.01. The summed E-state index contributed by atoms with van der Waals surface area (Å²) in [5, 5.41) is 21.8. The summed E-state index contributed by atoms with van der Waals surface area (Å²) in [5.41, 5.74) is -1.21. The smallest absolute Gasteiger partial charge is 0.339 e. The average Bonchev–Trinajstić information content (AvgIpc) is 3.76. The fraction of sp³-hybridized carbons (Fsp3) is 0.349. The molecule has 3 heterocycles. The summed E-state index contributed by atoms with van der Waals surface area (Å²) in [6, 6.07) is 15.4. The van der Waals surface area contributed by atoms with Crippen LogP contribution in [0, 0.1) is 40.1 Å². The van der Waals surface area contributed by atoms with Crippen LogP contribution in [-0.2, 0) is 42.5 Å². The molecule has 2 saturated heterocycles. The van der Waals surface area contributed by atoms with Gasteiger partial charge in [0, 0.05) is 54.2 Å². The molecule has 60 heavy (non-hydrogen) atoms. The highest BCUT2D eigenvalue weighted by Crippen LogP contribution is 2.42. The van der Waals surface area contributed by atoms with Crippen LogP contribution in [0.2, 0.25) is 0 Å². The molecule has 0 bridgehead atoms. The van der Waals surface area contributed by atoms with Crippen LogP contribution < -0.4 is 0 Å². The lowest BCUT2D eigenvalue weighted by Crippen LogP contribution is -2.47. The molecule has 13 nitrogen and oxygen atoms in total. The highest BCUT2D eigenvalue weighted by molar-refractivity contribution is 8.00. The third kappa shape index (κ3) is 11.3. The van der Waals surface area contributed by atoms with Gasteiger partial charge in [-0.3, -0.25) is 9.69 Å². The van der Waals surface area contributed by atoms with E-state index >= 15 is 4.39 Å². The number of esters is 2. The first-order valence-electron chi connectivity index (χ1n) is 19.0. The lowest BCUT2D eigenvalue weighted by Gasteiger charge is -2.40. The zero-order valence-electron chi connectivity index (χ0n) is 32.9. The second-order valence-corrected chi connectivity index (χ2v) is 15.9. The summed E-state index contributed by atoms with van der Waals surface area (Å²) in [4.78, 5) is 35.5. The van der Waals surface area contributed by atoms with Crippen molar-refractivity contribution in [2.45, 2.75) is 42.5 Å². The van der Waals surface area contributed by atoms with E-state index in [-0.39, 0.29) is 66.0 Å². The molecule has 17 heteroatoms. The number of hydrogen-bond acceptors (Lipinski definition) is 13. The Morgan fingerprint density at radius 2 is 1.72 bits per heavy atom. The largest absolute Gasteiger partial charge is 0.460 e. The number of halogens is 3. The van der Waals surface area contributed by atoms with Gasteiger partial charge in [-0.2, -0.15) is 15.6 Å². The first-order valence-corrected chi connectivity index (χ1v) is 19.9. The molecule has 0 saturated carbocycles. The van der Waals surface area contributed by atoms with Crippen molar-refractivity contribution in [1.29, 1.82) is 10.5 Å². The molecule has 2 fully saturated rings. The summed E-state index contributed by atoms with van der Waals surface area (Å²) in [5.74, 6) is -3.80. The van der Waals surface area contributed by atoms with E-state index in [0.29, 0.717) is 24.7 Å². The Hall–Kier alpha value is -5.82. The number of hydrogen-bond donors (Lipinski definition) is 0. The fourth-order valence-electron chi connectivity index (χ4n) is 6.70. The van der Waals surface area contributed by atoms with Crippen LogP contribution in [0.15, 0.2) is 85.5 Å². The van der Waals surface area contributed by atoms with E-state index in [1.54, 1.807) is 31.2 Å². The predicted octanol–water partition coefficient (Wildman–Crippen LogP) is 5.61. The highest BCUT2D eigenvalue weighted by atomic mass is 32.2. The molecule has 2 aliphatic rings. The Morgan fingerprint density at radius 1 is 0.983 bits per heavy atom. The molecule has 6 rings (SSSR count). The topological polar surface area (TPSA) is 156 Å². The Labute approximate surface area is 349 Å². The van der Waals surface area contributed by atoms with Gasteiger partial charge in [-0.15, -0.1) is 11.8 Å². The van der Waals surface area contributed by atoms with Gasteiger partial charge in [0.05, 0.1) is 60.4 Å². The van der Waals surface area contributed by atoms with Crippen molar-refractivity contribution in [3.63, 3.8) is 0 Å². The Bertz CT molecular complexity index is 2280. The summed E-state index contributed by atoms with van der Waals surface area (Å²) < 4.78 is 70.0. The van der Waals surface area contributed by atoms with E-state index in [9.17, 15) is 23.6 Å². The zero-order chi connectivity index (χ0) is 42.6. The Balaban J connectivity index is 1.22. The Morgan fingerprint density at radius 3 is 2.40 bits per heavy atom. The molecule has 4 aromatic rings. The molecular formula is C43H42F3N7O6S. The monoisotopic (exact) mass is 841 g/mol. The number of carbonyl (C=O) groups is 2. The van der Waals surface area contributed by atoms with Gasteiger partial charge in [-0.1, -0.05) is 30.4 Å². The molecule has 0 radical (unpaired) electrons. The van der Waals surface area contributed by atoms with Gasteiger partial charge in [0.1, 0.15) is 36.7 Å². The molecule has 0 spiro atoms. The van der Waals surface area contributed by atoms with Crippen molar-refractivity contribution in [2.24, 2.45) is 0 Å². The van der Waals surface area contributed by atoms with Crippen molar-refractivity contribution in [3.05, 3.63) is 136 Å². The second kappa shape index (κ2) is 20.4. The number of ether oxygens (including phenoxy) is 4. The van der Waals surface area contributed by atoms with Crippen LogP contribution >= 0.6 is 11.8 Å². The average molecular weight is 842 g/mol. The van der Waals surface area contributed by atoms with Crippen LogP contribution in [0.1, 0.15) is 45.1 Å². The molecule has 312 valence electrons. The lowest BCUT2D eigenvalue weighted by molar-refractivity contribution is -0.147. The minimum absolute atomic E-state index is 0.0628. The highest BCUT2D eigenvalue weighted by Gasteiger charge is 2.47. The van der Waals surface area contributed by atoms with E-state index in [1.165, 1.54) is 65.5 Å². The maximum absolute atomic E-state index is 16.1. The number of allylic oxidation sites excluding steroid dienone is 2. The molecule has 0 N–H and O–H groups in total. The van der Waals surface area contributed by atoms with Gasteiger partial charge in [-0.05, 0) is 56.4 Å². The standard InChI is InChI=1S/C43H42F3N7O6S/c1-29(60-35-24-57-41(58-25-35)6-4-3-5-32-9-7-31(21-48)18-38(32)45)43(26-53-28-49-27-50-53,37-12-11-34(44)19-39(37)46)59-42(55)36-17-30(20-47)8-10-33(36)23-56-40(54)22-52-15-13-51(2)14-16-52/h3-12,17-19,27-29,35,41H,13-16,22-26H2,1-2H3/t29-,35-,41-,43-/m1/s1. The van der Waals surface area contributed by atoms with Crippen molar-refractivity contribution >= 4 is 29.8 Å². The molecular weight excluding hydrogens is 800 g/mol. The van der Waals surface area contributed by atoms with E-state index in [1.807, 2.05) is 24.1 Å². The van der Waals surface area contributed by atoms with Gasteiger partial charge >= 0.3 is 11.9 Å². The third-order valence-electron chi connectivity index (χ3n) is 10.1.